The van der Waals surface area contributed by atoms with Gasteiger partial charge < -0.3 is 10.2 Å². The first-order valence-corrected chi connectivity index (χ1v) is 9.06. The molecule has 25 heavy (non-hydrogen) atoms. The molecule has 4 nitrogen and oxygen atoms in total. The summed E-state index contributed by atoms with van der Waals surface area (Å²) in [7, 11) is 0. The molecule has 0 aromatic heterocycles. The molecule has 1 aliphatic heterocycles. The zero-order valence-electron chi connectivity index (χ0n) is 14.1. The van der Waals surface area contributed by atoms with E-state index in [1.165, 1.54) is 0 Å². The molecule has 6 heteroatoms. The highest BCUT2D eigenvalue weighted by Crippen LogP contribution is 2.21. The summed E-state index contributed by atoms with van der Waals surface area (Å²) >= 11 is 12.0. The van der Waals surface area contributed by atoms with E-state index < -0.39 is 0 Å². The lowest BCUT2D eigenvalue weighted by molar-refractivity contribution is -0.117. The monoisotopic (exact) mass is 377 g/mol. The summed E-state index contributed by atoms with van der Waals surface area (Å²) in [6.45, 7) is 5.79. The Balaban J connectivity index is 1.51. The average molecular weight is 378 g/mol. The summed E-state index contributed by atoms with van der Waals surface area (Å²) < 4.78 is 0. The first-order chi connectivity index (χ1) is 12.0. The minimum Gasteiger partial charge on any atom is -0.369 e. The van der Waals surface area contributed by atoms with Crippen LogP contribution in [0.15, 0.2) is 42.5 Å². The number of amides is 1. The van der Waals surface area contributed by atoms with Crippen molar-refractivity contribution in [3.8, 4) is 0 Å². The Kier molecular flexibility index (Phi) is 5.84. The second-order valence-electron chi connectivity index (χ2n) is 6.25. The molecular weight excluding hydrogens is 357 g/mol. The van der Waals surface area contributed by atoms with Gasteiger partial charge >= 0.3 is 0 Å². The van der Waals surface area contributed by atoms with Crippen molar-refractivity contribution >= 4 is 40.5 Å². The van der Waals surface area contributed by atoms with Gasteiger partial charge in [-0.15, -0.1) is 0 Å². The second-order valence-corrected chi connectivity index (χ2v) is 7.12. The van der Waals surface area contributed by atoms with E-state index >= 15 is 0 Å². The number of carbonyl (C=O) groups is 1. The number of halogens is 2. The van der Waals surface area contributed by atoms with Crippen molar-refractivity contribution in [1.29, 1.82) is 0 Å². The Morgan fingerprint density at radius 3 is 2.44 bits per heavy atom. The van der Waals surface area contributed by atoms with E-state index in [4.69, 9.17) is 23.2 Å². The molecule has 2 aromatic carbocycles. The van der Waals surface area contributed by atoms with Crippen molar-refractivity contribution in [2.45, 2.75) is 6.92 Å². The van der Waals surface area contributed by atoms with Gasteiger partial charge in [0.2, 0.25) is 5.91 Å². The van der Waals surface area contributed by atoms with Gasteiger partial charge in [0.15, 0.2) is 0 Å². The lowest BCUT2D eigenvalue weighted by atomic mass is 10.2. The number of nitrogens with zero attached hydrogens (tertiary/aromatic N) is 2. The lowest BCUT2D eigenvalue weighted by Crippen LogP contribution is -2.48. The Labute approximate surface area is 158 Å². The smallest absolute Gasteiger partial charge is 0.238 e. The van der Waals surface area contributed by atoms with E-state index in [9.17, 15) is 4.79 Å². The molecule has 0 aliphatic carbocycles. The summed E-state index contributed by atoms with van der Waals surface area (Å²) in [6, 6.07) is 13.4. The molecule has 2 aromatic rings. The van der Waals surface area contributed by atoms with Gasteiger partial charge in [-0.05, 0) is 48.9 Å². The van der Waals surface area contributed by atoms with Gasteiger partial charge in [0.1, 0.15) is 0 Å². The van der Waals surface area contributed by atoms with Gasteiger partial charge in [0, 0.05) is 47.6 Å². The summed E-state index contributed by atoms with van der Waals surface area (Å²) in [5, 5.41) is 4.39. The molecule has 0 bridgehead atoms. The van der Waals surface area contributed by atoms with Crippen LogP contribution in [0.25, 0.3) is 0 Å². The summed E-state index contributed by atoms with van der Waals surface area (Å²) in [4.78, 5) is 16.8. The van der Waals surface area contributed by atoms with Crippen LogP contribution in [0.4, 0.5) is 11.4 Å². The van der Waals surface area contributed by atoms with E-state index in [0.717, 1.165) is 48.1 Å². The van der Waals surface area contributed by atoms with Crippen LogP contribution < -0.4 is 10.2 Å². The number of nitrogens with one attached hydrogen (secondary N) is 1. The van der Waals surface area contributed by atoms with Gasteiger partial charge in [-0.1, -0.05) is 29.3 Å². The molecule has 1 fully saturated rings. The van der Waals surface area contributed by atoms with E-state index in [0.29, 0.717) is 11.6 Å². The fourth-order valence-corrected chi connectivity index (χ4v) is 3.41. The molecule has 1 amide bonds. The second kappa shape index (κ2) is 8.09. The molecule has 0 saturated carbocycles. The number of anilines is 2. The first kappa shape index (κ1) is 18.1. The molecule has 1 heterocycles. The highest BCUT2D eigenvalue weighted by atomic mass is 35.5. The maximum absolute atomic E-state index is 12.3. The van der Waals surface area contributed by atoms with E-state index in [1.807, 2.05) is 37.3 Å². The highest BCUT2D eigenvalue weighted by Gasteiger charge is 2.19. The van der Waals surface area contributed by atoms with Crippen LogP contribution in [-0.2, 0) is 4.79 Å². The van der Waals surface area contributed by atoms with Gasteiger partial charge in [-0.25, -0.2) is 0 Å². The molecule has 1 aliphatic rings. The molecule has 0 spiro atoms. The SMILES string of the molecule is Cc1cc(Cl)ccc1NC(=O)CN1CCN(c2cccc(Cl)c2)CC1. The van der Waals surface area contributed by atoms with Crippen LogP contribution in [0.3, 0.4) is 0 Å². The maximum atomic E-state index is 12.3. The van der Waals surface area contributed by atoms with Gasteiger partial charge in [0.05, 0.1) is 6.54 Å². The molecule has 0 atom stereocenters. The Morgan fingerprint density at radius 2 is 1.76 bits per heavy atom. The topological polar surface area (TPSA) is 35.6 Å². The zero-order valence-corrected chi connectivity index (χ0v) is 15.6. The third kappa shape index (κ3) is 4.88. The molecule has 1 N–H and O–H groups in total. The highest BCUT2D eigenvalue weighted by molar-refractivity contribution is 6.31. The van der Waals surface area contributed by atoms with Crippen LogP contribution >= 0.6 is 23.2 Å². The molecule has 0 unspecified atom stereocenters. The number of hydrogen-bond acceptors (Lipinski definition) is 3. The molecule has 132 valence electrons. The van der Waals surface area contributed by atoms with Crippen molar-refractivity contribution in [1.82, 2.24) is 4.90 Å². The first-order valence-electron chi connectivity index (χ1n) is 8.30. The fourth-order valence-electron chi connectivity index (χ4n) is 3.00. The van der Waals surface area contributed by atoms with Crippen LogP contribution in [0.5, 0.6) is 0 Å². The number of hydrogen-bond donors (Lipinski definition) is 1. The summed E-state index contributed by atoms with van der Waals surface area (Å²) in [5.41, 5.74) is 2.91. The molecular formula is C19H21Cl2N3O. The number of aryl methyl sites for hydroxylation is 1. The summed E-state index contributed by atoms with van der Waals surface area (Å²) in [5.74, 6) is 0.00151. The Hall–Kier alpha value is -1.75. The third-order valence-electron chi connectivity index (χ3n) is 4.38. The predicted octanol–water partition coefficient (Wildman–Crippen LogP) is 4.06. The minimum atomic E-state index is 0.00151. The van der Waals surface area contributed by atoms with Crippen molar-refractivity contribution in [2.24, 2.45) is 0 Å². The van der Waals surface area contributed by atoms with Crippen LogP contribution in [0.2, 0.25) is 10.0 Å². The molecule has 1 saturated heterocycles. The standard InChI is InChI=1S/C19H21Cl2N3O/c1-14-11-16(21)5-6-18(14)22-19(25)13-23-7-9-24(10-8-23)17-4-2-3-15(20)12-17/h2-6,11-12H,7-10,13H2,1H3,(H,22,25). The van der Waals surface area contributed by atoms with Crippen molar-refractivity contribution in [3.63, 3.8) is 0 Å². The summed E-state index contributed by atoms with van der Waals surface area (Å²) in [6.07, 6.45) is 0. The van der Waals surface area contributed by atoms with E-state index in [2.05, 4.69) is 21.2 Å². The molecule has 0 radical (unpaired) electrons. The normalized spacial score (nSPS) is 15.2. The molecule has 3 rings (SSSR count). The number of rotatable bonds is 4. The minimum absolute atomic E-state index is 0.00151. The largest absolute Gasteiger partial charge is 0.369 e. The predicted molar refractivity (Wildman–Crippen MR) is 105 cm³/mol. The van der Waals surface area contributed by atoms with Crippen molar-refractivity contribution < 1.29 is 4.79 Å². The quantitative estimate of drug-likeness (QED) is 0.872. The van der Waals surface area contributed by atoms with Crippen molar-refractivity contribution in [3.05, 3.63) is 58.1 Å². The van der Waals surface area contributed by atoms with E-state index in [-0.39, 0.29) is 5.91 Å². The Morgan fingerprint density at radius 1 is 1.04 bits per heavy atom. The third-order valence-corrected chi connectivity index (χ3v) is 4.85. The van der Waals surface area contributed by atoms with Crippen LogP contribution in [0, 0.1) is 6.92 Å². The van der Waals surface area contributed by atoms with Crippen LogP contribution in [-0.4, -0.2) is 43.5 Å². The maximum Gasteiger partial charge on any atom is 0.238 e. The van der Waals surface area contributed by atoms with Crippen molar-refractivity contribution in [2.75, 3.05) is 42.9 Å². The zero-order chi connectivity index (χ0) is 17.8. The fraction of sp³-hybridized carbons (Fsp3) is 0.316. The number of piperazine rings is 1. The van der Waals surface area contributed by atoms with Crippen LogP contribution in [0.1, 0.15) is 5.56 Å². The van der Waals surface area contributed by atoms with E-state index in [1.54, 1.807) is 6.07 Å². The Bertz CT molecular complexity index is 758. The van der Waals surface area contributed by atoms with Gasteiger partial charge in [-0.2, -0.15) is 0 Å². The number of carbonyl (C=O) groups excluding carboxylic acids is 1. The van der Waals surface area contributed by atoms with Gasteiger partial charge in [0.25, 0.3) is 0 Å². The van der Waals surface area contributed by atoms with Gasteiger partial charge in [-0.3, -0.25) is 9.69 Å². The number of benzene rings is 2. The lowest BCUT2D eigenvalue weighted by Gasteiger charge is -2.35. The average Bonchev–Trinajstić information content (AvgIpc) is 2.58.